The van der Waals surface area contributed by atoms with E-state index in [9.17, 15) is 4.39 Å². The lowest BCUT2D eigenvalue weighted by atomic mass is 10.1. The molecule has 0 aliphatic carbocycles. The van der Waals surface area contributed by atoms with Crippen LogP contribution in [0.3, 0.4) is 0 Å². The molecule has 1 aromatic carbocycles. The molecule has 17 heavy (non-hydrogen) atoms. The molecule has 0 fully saturated rings. The summed E-state index contributed by atoms with van der Waals surface area (Å²) in [6, 6.07) is 8.84. The topological polar surface area (TPSA) is 12.0 Å². The van der Waals surface area contributed by atoms with E-state index in [2.05, 4.69) is 12.2 Å². The Bertz CT molecular complexity index is 464. The van der Waals surface area contributed by atoms with Crippen LogP contribution in [-0.2, 0) is 0 Å². The number of nitrogens with one attached hydrogen (secondary N) is 1. The molecule has 0 spiro atoms. The maximum absolute atomic E-state index is 13.6. The lowest BCUT2D eigenvalue weighted by Gasteiger charge is -2.18. The summed E-state index contributed by atoms with van der Waals surface area (Å²) in [5.41, 5.74) is 0.384. The van der Waals surface area contributed by atoms with Gasteiger partial charge in [0.05, 0.1) is 16.8 Å². The van der Waals surface area contributed by atoms with Crippen molar-refractivity contribution in [1.82, 2.24) is 0 Å². The average Bonchev–Trinajstić information content (AvgIpc) is 2.82. The van der Waals surface area contributed by atoms with Crippen LogP contribution in [0.15, 0.2) is 35.7 Å². The Morgan fingerprint density at radius 1 is 1.35 bits per heavy atom. The van der Waals surface area contributed by atoms with Crippen molar-refractivity contribution in [2.45, 2.75) is 19.4 Å². The molecule has 1 nitrogen and oxygen atoms in total. The highest BCUT2D eigenvalue weighted by Gasteiger charge is 2.14. The van der Waals surface area contributed by atoms with Crippen molar-refractivity contribution in [3.63, 3.8) is 0 Å². The quantitative estimate of drug-likeness (QED) is 0.814. The first-order valence-electron chi connectivity index (χ1n) is 5.46. The van der Waals surface area contributed by atoms with Crippen molar-refractivity contribution < 1.29 is 4.39 Å². The predicted octanol–water partition coefficient (Wildman–Crippen LogP) is 5.10. The Labute approximate surface area is 109 Å². The largest absolute Gasteiger partial charge is 0.374 e. The molecule has 0 saturated carbocycles. The summed E-state index contributed by atoms with van der Waals surface area (Å²) in [7, 11) is 0. The molecule has 90 valence electrons. The van der Waals surface area contributed by atoms with Gasteiger partial charge in [0, 0.05) is 4.88 Å². The molecule has 1 aromatic heterocycles. The van der Waals surface area contributed by atoms with Gasteiger partial charge in [0.25, 0.3) is 0 Å². The third-order valence-corrected chi connectivity index (χ3v) is 3.88. The molecule has 0 amide bonds. The zero-order valence-electron chi connectivity index (χ0n) is 9.41. The summed E-state index contributed by atoms with van der Waals surface area (Å²) in [6.45, 7) is 2.06. The molecule has 1 N–H and O–H groups in total. The Hall–Kier alpha value is -1.06. The smallest absolute Gasteiger partial charge is 0.147 e. The molecule has 0 bridgehead atoms. The molecule has 1 unspecified atom stereocenters. The molecule has 0 radical (unpaired) electrons. The fourth-order valence-corrected chi connectivity index (χ4v) is 2.75. The Balaban J connectivity index is 2.25. The lowest BCUT2D eigenvalue weighted by Crippen LogP contribution is -2.09. The molecule has 0 aliphatic rings. The van der Waals surface area contributed by atoms with E-state index >= 15 is 0 Å². The van der Waals surface area contributed by atoms with E-state index in [1.54, 1.807) is 23.5 Å². The van der Waals surface area contributed by atoms with Gasteiger partial charge in [-0.25, -0.2) is 4.39 Å². The highest BCUT2D eigenvalue weighted by molar-refractivity contribution is 7.10. The molecular weight excluding hydrogens is 257 g/mol. The number of halogens is 2. The molecule has 0 saturated heterocycles. The third-order valence-electron chi connectivity index (χ3n) is 2.58. The van der Waals surface area contributed by atoms with E-state index in [1.165, 1.54) is 10.9 Å². The van der Waals surface area contributed by atoms with E-state index in [4.69, 9.17) is 11.6 Å². The van der Waals surface area contributed by atoms with Crippen LogP contribution in [0.25, 0.3) is 0 Å². The fraction of sp³-hybridized carbons (Fsp3) is 0.231. The van der Waals surface area contributed by atoms with Gasteiger partial charge in [-0.15, -0.1) is 11.3 Å². The zero-order chi connectivity index (χ0) is 12.3. The number of benzene rings is 1. The third kappa shape index (κ3) is 2.79. The van der Waals surface area contributed by atoms with Crippen LogP contribution in [-0.4, -0.2) is 0 Å². The van der Waals surface area contributed by atoms with Crippen LogP contribution in [0.1, 0.15) is 24.3 Å². The van der Waals surface area contributed by atoms with Crippen molar-refractivity contribution in [2.75, 3.05) is 5.32 Å². The second kappa shape index (κ2) is 5.52. The summed E-state index contributed by atoms with van der Waals surface area (Å²) in [5.74, 6) is -0.312. The van der Waals surface area contributed by atoms with Gasteiger partial charge in [0.15, 0.2) is 0 Å². The highest BCUT2D eigenvalue weighted by Crippen LogP contribution is 2.31. The standard InChI is InChI=1S/C13H13ClFNS/c1-2-11(12-7-4-8-17-12)16-13-9(14)5-3-6-10(13)15/h3-8,11,16H,2H2,1H3. The SMILES string of the molecule is CCC(Nc1c(F)cccc1Cl)c1cccs1. The predicted molar refractivity (Wildman–Crippen MR) is 72.4 cm³/mol. The number of thiophene rings is 1. The average molecular weight is 270 g/mol. The molecule has 2 aromatic rings. The molecule has 4 heteroatoms. The van der Waals surface area contributed by atoms with E-state index in [0.717, 1.165) is 6.42 Å². The number of hydrogen-bond donors (Lipinski definition) is 1. The second-order valence-electron chi connectivity index (χ2n) is 3.72. The summed E-state index contributed by atoms with van der Waals surface area (Å²) in [6.07, 6.45) is 0.880. The molecule has 1 heterocycles. The van der Waals surface area contributed by atoms with Crippen LogP contribution in [0, 0.1) is 5.82 Å². The minimum Gasteiger partial charge on any atom is -0.374 e. The first-order chi connectivity index (χ1) is 8.22. The Kier molecular flexibility index (Phi) is 4.02. The second-order valence-corrected chi connectivity index (χ2v) is 5.10. The van der Waals surface area contributed by atoms with Gasteiger partial charge in [-0.3, -0.25) is 0 Å². The van der Waals surface area contributed by atoms with Crippen LogP contribution in [0.5, 0.6) is 0 Å². The van der Waals surface area contributed by atoms with Crippen molar-refractivity contribution in [2.24, 2.45) is 0 Å². The van der Waals surface area contributed by atoms with Gasteiger partial charge < -0.3 is 5.32 Å². The maximum Gasteiger partial charge on any atom is 0.147 e. The zero-order valence-corrected chi connectivity index (χ0v) is 11.0. The maximum atomic E-state index is 13.6. The number of anilines is 1. The van der Waals surface area contributed by atoms with E-state index in [-0.39, 0.29) is 11.9 Å². The van der Waals surface area contributed by atoms with Crippen molar-refractivity contribution in [3.8, 4) is 0 Å². The summed E-state index contributed by atoms with van der Waals surface area (Å²) >= 11 is 7.65. The lowest BCUT2D eigenvalue weighted by molar-refractivity contribution is 0.624. The van der Waals surface area contributed by atoms with Crippen LogP contribution in [0.4, 0.5) is 10.1 Å². The van der Waals surface area contributed by atoms with Crippen LogP contribution in [0.2, 0.25) is 5.02 Å². The normalized spacial score (nSPS) is 12.4. The fourth-order valence-electron chi connectivity index (χ4n) is 1.67. The molecule has 0 aliphatic heterocycles. The first kappa shape index (κ1) is 12.4. The monoisotopic (exact) mass is 269 g/mol. The van der Waals surface area contributed by atoms with E-state index in [0.29, 0.717) is 10.7 Å². The summed E-state index contributed by atoms with van der Waals surface area (Å²) in [4.78, 5) is 1.19. The molecule has 2 rings (SSSR count). The van der Waals surface area contributed by atoms with Crippen molar-refractivity contribution in [3.05, 3.63) is 51.4 Å². The van der Waals surface area contributed by atoms with Crippen molar-refractivity contribution >= 4 is 28.6 Å². The van der Waals surface area contributed by atoms with Gasteiger partial charge in [0.1, 0.15) is 5.82 Å². The van der Waals surface area contributed by atoms with E-state index < -0.39 is 0 Å². The number of hydrogen-bond acceptors (Lipinski definition) is 2. The highest BCUT2D eigenvalue weighted by atomic mass is 35.5. The van der Waals surface area contributed by atoms with Gasteiger partial charge in [-0.1, -0.05) is 30.7 Å². The van der Waals surface area contributed by atoms with Crippen LogP contribution < -0.4 is 5.32 Å². The van der Waals surface area contributed by atoms with Crippen molar-refractivity contribution in [1.29, 1.82) is 0 Å². The summed E-state index contributed by atoms with van der Waals surface area (Å²) < 4.78 is 13.6. The van der Waals surface area contributed by atoms with E-state index in [1.807, 2.05) is 17.5 Å². The number of para-hydroxylation sites is 1. The minimum absolute atomic E-state index is 0.101. The first-order valence-corrected chi connectivity index (χ1v) is 6.72. The Morgan fingerprint density at radius 2 is 2.18 bits per heavy atom. The van der Waals surface area contributed by atoms with Gasteiger partial charge in [-0.2, -0.15) is 0 Å². The Morgan fingerprint density at radius 3 is 2.76 bits per heavy atom. The molecular formula is C13H13ClFNS. The van der Waals surface area contributed by atoms with Crippen LogP contribution >= 0.6 is 22.9 Å². The minimum atomic E-state index is -0.312. The van der Waals surface area contributed by atoms with Gasteiger partial charge >= 0.3 is 0 Å². The van der Waals surface area contributed by atoms with Gasteiger partial charge in [0.2, 0.25) is 0 Å². The summed E-state index contributed by atoms with van der Waals surface area (Å²) in [5, 5.41) is 5.60. The molecule has 1 atom stereocenters. The van der Waals surface area contributed by atoms with Gasteiger partial charge in [-0.05, 0) is 30.0 Å². The number of rotatable bonds is 4.